The van der Waals surface area contributed by atoms with Crippen molar-refractivity contribution < 1.29 is 0 Å². The van der Waals surface area contributed by atoms with Gasteiger partial charge in [0.2, 0.25) is 0 Å². The van der Waals surface area contributed by atoms with E-state index < -0.39 is 0 Å². The van der Waals surface area contributed by atoms with Crippen LogP contribution in [0.25, 0.3) is 33.8 Å². The van der Waals surface area contributed by atoms with Gasteiger partial charge in [0.25, 0.3) is 0 Å². The molecular weight excluding hydrogens is 320 g/mol. The summed E-state index contributed by atoms with van der Waals surface area (Å²) in [5.74, 6) is 0. The Morgan fingerprint density at radius 2 is 1.62 bits per heavy atom. The van der Waals surface area contributed by atoms with Crippen molar-refractivity contribution in [1.82, 2.24) is 20.2 Å². The molecule has 0 atom stereocenters. The molecule has 0 fully saturated rings. The second-order valence-electron chi connectivity index (χ2n) is 5.30. The minimum Gasteiger partial charge on any atom is -0.284 e. The molecule has 0 aliphatic rings. The molecule has 0 radical (unpaired) electrons. The molecule has 0 spiro atoms. The molecule has 0 aliphatic heterocycles. The van der Waals surface area contributed by atoms with Crippen LogP contribution in [0.5, 0.6) is 0 Å². The molecule has 4 nitrogen and oxygen atoms in total. The number of nitrogens with zero attached hydrogens (tertiary/aromatic N) is 3. The number of H-pyrrole nitrogens is 1. The molecule has 5 heteroatoms. The van der Waals surface area contributed by atoms with Gasteiger partial charge in [-0.1, -0.05) is 29.8 Å². The Morgan fingerprint density at radius 1 is 0.792 bits per heavy atom. The lowest BCUT2D eigenvalue weighted by Gasteiger charge is -2.05. The standard InChI is InChI=1S/C19H13ClN4/c20-15-6-4-13(5-7-15)18-11-14(8-10-22-18)16-12-23-24-19(16)17-3-1-2-9-21-17/h1-12H,(H,23,24). The average Bonchev–Trinajstić information content (AvgIpc) is 3.13. The van der Waals surface area contributed by atoms with Gasteiger partial charge in [-0.25, -0.2) is 0 Å². The van der Waals surface area contributed by atoms with Crippen LogP contribution in [0.15, 0.2) is 73.2 Å². The lowest BCUT2D eigenvalue weighted by atomic mass is 10.0. The molecule has 116 valence electrons. The number of nitrogens with one attached hydrogen (secondary N) is 1. The zero-order valence-corrected chi connectivity index (χ0v) is 13.4. The minimum atomic E-state index is 0.710. The summed E-state index contributed by atoms with van der Waals surface area (Å²) >= 11 is 5.96. The van der Waals surface area contributed by atoms with Crippen LogP contribution >= 0.6 is 11.6 Å². The fraction of sp³-hybridized carbons (Fsp3) is 0. The Kier molecular flexibility index (Phi) is 3.81. The predicted molar refractivity (Wildman–Crippen MR) is 95.5 cm³/mol. The van der Waals surface area contributed by atoms with E-state index >= 15 is 0 Å². The maximum Gasteiger partial charge on any atom is 0.118 e. The molecule has 0 aliphatic carbocycles. The van der Waals surface area contributed by atoms with Gasteiger partial charge in [-0.15, -0.1) is 0 Å². The van der Waals surface area contributed by atoms with Crippen molar-refractivity contribution in [1.29, 1.82) is 0 Å². The van der Waals surface area contributed by atoms with Crippen molar-refractivity contribution in [2.45, 2.75) is 0 Å². The number of aromatic amines is 1. The van der Waals surface area contributed by atoms with E-state index in [1.54, 1.807) is 12.4 Å². The Labute approximate surface area is 144 Å². The monoisotopic (exact) mass is 332 g/mol. The van der Waals surface area contributed by atoms with Crippen molar-refractivity contribution in [3.8, 4) is 33.8 Å². The Hall–Kier alpha value is -2.98. The molecule has 0 saturated carbocycles. The Balaban J connectivity index is 1.78. The zero-order valence-electron chi connectivity index (χ0n) is 12.6. The van der Waals surface area contributed by atoms with Crippen LogP contribution in [0.4, 0.5) is 0 Å². The number of hydrogen-bond donors (Lipinski definition) is 1. The fourth-order valence-corrected chi connectivity index (χ4v) is 2.71. The number of aromatic nitrogens is 4. The van der Waals surface area contributed by atoms with Crippen LogP contribution in [0.1, 0.15) is 0 Å². The predicted octanol–water partition coefficient (Wildman–Crippen LogP) is 4.85. The van der Waals surface area contributed by atoms with Gasteiger partial charge in [-0.3, -0.25) is 15.1 Å². The van der Waals surface area contributed by atoms with Crippen LogP contribution in [0.2, 0.25) is 5.02 Å². The van der Waals surface area contributed by atoms with Crippen molar-refractivity contribution in [3.63, 3.8) is 0 Å². The molecule has 24 heavy (non-hydrogen) atoms. The van der Waals surface area contributed by atoms with Gasteiger partial charge >= 0.3 is 0 Å². The van der Waals surface area contributed by atoms with Gasteiger partial charge in [-0.05, 0) is 42.0 Å². The van der Waals surface area contributed by atoms with Gasteiger partial charge in [0, 0.05) is 34.7 Å². The van der Waals surface area contributed by atoms with Crippen molar-refractivity contribution in [2.24, 2.45) is 0 Å². The van der Waals surface area contributed by atoms with E-state index in [2.05, 4.69) is 20.2 Å². The zero-order chi connectivity index (χ0) is 16.4. The maximum atomic E-state index is 5.96. The van der Waals surface area contributed by atoms with Crippen molar-refractivity contribution >= 4 is 11.6 Å². The summed E-state index contributed by atoms with van der Waals surface area (Å²) in [4.78, 5) is 8.85. The molecule has 0 unspecified atom stereocenters. The van der Waals surface area contributed by atoms with E-state index in [9.17, 15) is 0 Å². The summed E-state index contributed by atoms with van der Waals surface area (Å²) in [5.41, 5.74) is 5.58. The summed E-state index contributed by atoms with van der Waals surface area (Å²) in [5, 5.41) is 8.00. The highest BCUT2D eigenvalue weighted by atomic mass is 35.5. The first kappa shape index (κ1) is 14.6. The normalized spacial score (nSPS) is 10.7. The summed E-state index contributed by atoms with van der Waals surface area (Å²) in [6.07, 6.45) is 5.44. The van der Waals surface area contributed by atoms with Gasteiger partial charge < -0.3 is 0 Å². The molecular formula is C19H13ClN4. The van der Waals surface area contributed by atoms with Crippen LogP contribution in [0, 0.1) is 0 Å². The maximum absolute atomic E-state index is 5.96. The summed E-state index contributed by atoms with van der Waals surface area (Å²) in [6.45, 7) is 0. The molecule has 3 aromatic heterocycles. The molecule has 1 N–H and O–H groups in total. The smallest absolute Gasteiger partial charge is 0.118 e. The van der Waals surface area contributed by atoms with E-state index in [-0.39, 0.29) is 0 Å². The summed E-state index contributed by atoms with van der Waals surface area (Å²) in [7, 11) is 0. The second-order valence-corrected chi connectivity index (χ2v) is 5.74. The number of pyridine rings is 2. The Morgan fingerprint density at radius 3 is 2.42 bits per heavy atom. The molecule has 1 aromatic carbocycles. The Bertz CT molecular complexity index is 962. The lowest BCUT2D eigenvalue weighted by molar-refractivity contribution is 1.09. The van der Waals surface area contributed by atoms with Gasteiger partial charge in [0.05, 0.1) is 11.4 Å². The van der Waals surface area contributed by atoms with Gasteiger partial charge in [-0.2, -0.15) is 5.10 Å². The second kappa shape index (κ2) is 6.26. The van der Waals surface area contributed by atoms with E-state index in [4.69, 9.17) is 11.6 Å². The molecule has 0 bridgehead atoms. The van der Waals surface area contributed by atoms with E-state index in [0.29, 0.717) is 5.02 Å². The molecule has 4 rings (SSSR count). The molecule has 3 heterocycles. The number of halogens is 1. The lowest BCUT2D eigenvalue weighted by Crippen LogP contribution is -1.88. The first-order valence-electron chi connectivity index (χ1n) is 7.49. The van der Waals surface area contributed by atoms with Crippen LogP contribution in [-0.4, -0.2) is 20.2 Å². The number of benzene rings is 1. The van der Waals surface area contributed by atoms with Crippen molar-refractivity contribution in [3.05, 3.63) is 78.2 Å². The third-order valence-electron chi connectivity index (χ3n) is 3.76. The third-order valence-corrected chi connectivity index (χ3v) is 4.01. The molecule has 0 saturated heterocycles. The topological polar surface area (TPSA) is 54.5 Å². The summed E-state index contributed by atoms with van der Waals surface area (Å²) < 4.78 is 0. The third kappa shape index (κ3) is 2.79. The van der Waals surface area contributed by atoms with Crippen LogP contribution in [-0.2, 0) is 0 Å². The van der Waals surface area contributed by atoms with Gasteiger partial charge in [0.15, 0.2) is 0 Å². The average molecular weight is 333 g/mol. The minimum absolute atomic E-state index is 0.710. The van der Waals surface area contributed by atoms with E-state index in [1.165, 1.54) is 0 Å². The number of rotatable bonds is 3. The quantitative estimate of drug-likeness (QED) is 0.583. The SMILES string of the molecule is Clc1ccc(-c2cc(-c3c[nH]nc3-c3ccccn3)ccn2)cc1. The fourth-order valence-electron chi connectivity index (χ4n) is 2.58. The van der Waals surface area contributed by atoms with Crippen LogP contribution in [0.3, 0.4) is 0 Å². The molecule has 0 amide bonds. The number of hydrogen-bond acceptors (Lipinski definition) is 3. The van der Waals surface area contributed by atoms with Gasteiger partial charge in [0.1, 0.15) is 5.69 Å². The van der Waals surface area contributed by atoms with Crippen LogP contribution < -0.4 is 0 Å². The summed E-state index contributed by atoms with van der Waals surface area (Å²) in [6, 6.07) is 17.4. The highest BCUT2D eigenvalue weighted by molar-refractivity contribution is 6.30. The van der Waals surface area contributed by atoms with E-state index in [0.717, 1.165) is 33.8 Å². The molecule has 4 aromatic rings. The van der Waals surface area contributed by atoms with E-state index in [1.807, 2.05) is 60.8 Å². The van der Waals surface area contributed by atoms with Crippen molar-refractivity contribution in [2.75, 3.05) is 0 Å². The first-order chi connectivity index (χ1) is 11.8. The largest absolute Gasteiger partial charge is 0.284 e. The highest BCUT2D eigenvalue weighted by Crippen LogP contribution is 2.31. The highest BCUT2D eigenvalue weighted by Gasteiger charge is 2.12. The first-order valence-corrected chi connectivity index (χ1v) is 7.86.